The molecule has 0 saturated heterocycles. The standard InChI is InChI=1S/C20H27N5O6/c1-10(26)17(20(30)31)25-19(29)15(6-7-16(22)27)24-18(28)13(21)8-11-9-23-14-5-3-2-4-12(11)14/h2-5,9-10,13,15,17,23,26H,6-8,21H2,1H3,(H2,22,27)(H,24,28)(H,25,29)(H,30,31). The Kier molecular flexibility index (Phi) is 8.11. The average Bonchev–Trinajstić information content (AvgIpc) is 3.11. The van der Waals surface area contributed by atoms with Crippen LogP contribution in [0.3, 0.4) is 0 Å². The second kappa shape index (κ2) is 10.5. The first-order valence-electron chi connectivity index (χ1n) is 9.70. The number of para-hydroxylation sites is 1. The van der Waals surface area contributed by atoms with Gasteiger partial charge in [0.05, 0.1) is 12.1 Å². The minimum atomic E-state index is -1.58. The average molecular weight is 433 g/mol. The van der Waals surface area contributed by atoms with E-state index in [1.165, 1.54) is 6.92 Å². The minimum Gasteiger partial charge on any atom is -0.480 e. The lowest BCUT2D eigenvalue weighted by Gasteiger charge is -2.23. The first-order valence-corrected chi connectivity index (χ1v) is 9.70. The normalized spacial score (nSPS) is 14.9. The Hall–Kier alpha value is -3.44. The number of carbonyl (C=O) groups excluding carboxylic acids is 3. The quantitative estimate of drug-likeness (QED) is 0.229. The number of aromatic nitrogens is 1. The van der Waals surface area contributed by atoms with Crippen molar-refractivity contribution in [3.8, 4) is 0 Å². The number of carboxylic acid groups (broad SMARTS) is 1. The van der Waals surface area contributed by atoms with Gasteiger partial charge in [0, 0.05) is 23.5 Å². The number of hydrogen-bond acceptors (Lipinski definition) is 6. The van der Waals surface area contributed by atoms with Gasteiger partial charge in [-0.1, -0.05) is 18.2 Å². The van der Waals surface area contributed by atoms with E-state index < -0.39 is 47.9 Å². The van der Waals surface area contributed by atoms with E-state index >= 15 is 0 Å². The van der Waals surface area contributed by atoms with E-state index in [9.17, 15) is 24.3 Å². The van der Waals surface area contributed by atoms with Crippen molar-refractivity contribution in [3.05, 3.63) is 36.0 Å². The molecule has 0 aliphatic rings. The Morgan fingerprint density at radius 1 is 1.13 bits per heavy atom. The Labute approximate surface area is 178 Å². The number of carbonyl (C=O) groups is 4. The molecule has 0 saturated carbocycles. The lowest BCUT2D eigenvalue weighted by atomic mass is 10.0. The third-order valence-electron chi connectivity index (χ3n) is 4.81. The first-order chi connectivity index (χ1) is 14.6. The maximum Gasteiger partial charge on any atom is 0.328 e. The van der Waals surface area contributed by atoms with Crippen LogP contribution >= 0.6 is 0 Å². The van der Waals surface area contributed by atoms with Crippen LogP contribution in [0.4, 0.5) is 0 Å². The van der Waals surface area contributed by atoms with E-state index in [1.807, 2.05) is 24.3 Å². The van der Waals surface area contributed by atoms with Crippen LogP contribution in [0.15, 0.2) is 30.5 Å². The number of aliphatic carboxylic acids is 1. The van der Waals surface area contributed by atoms with Crippen molar-refractivity contribution in [2.45, 2.75) is 50.4 Å². The molecule has 1 aromatic heterocycles. The molecule has 3 amide bonds. The Bertz CT molecular complexity index is 956. The van der Waals surface area contributed by atoms with Crippen LogP contribution in [0.1, 0.15) is 25.3 Å². The Balaban J connectivity index is 2.09. The number of hydrogen-bond donors (Lipinski definition) is 7. The Morgan fingerprint density at radius 2 is 1.81 bits per heavy atom. The summed E-state index contributed by atoms with van der Waals surface area (Å²) < 4.78 is 0. The highest BCUT2D eigenvalue weighted by Gasteiger charge is 2.30. The van der Waals surface area contributed by atoms with Gasteiger partial charge in [0.2, 0.25) is 17.7 Å². The van der Waals surface area contributed by atoms with E-state index in [-0.39, 0.29) is 19.3 Å². The fourth-order valence-corrected chi connectivity index (χ4v) is 3.11. The molecule has 168 valence electrons. The van der Waals surface area contributed by atoms with Crippen molar-refractivity contribution in [1.29, 1.82) is 0 Å². The lowest BCUT2D eigenvalue weighted by Crippen LogP contribution is -2.56. The van der Waals surface area contributed by atoms with E-state index in [1.54, 1.807) is 6.20 Å². The molecule has 0 radical (unpaired) electrons. The van der Waals surface area contributed by atoms with E-state index in [0.717, 1.165) is 16.5 Å². The molecule has 0 aliphatic carbocycles. The summed E-state index contributed by atoms with van der Waals surface area (Å²) >= 11 is 0. The third kappa shape index (κ3) is 6.52. The van der Waals surface area contributed by atoms with Gasteiger partial charge in [-0.25, -0.2) is 4.79 Å². The van der Waals surface area contributed by atoms with Gasteiger partial charge in [-0.05, 0) is 31.4 Å². The van der Waals surface area contributed by atoms with Crippen LogP contribution in [0.5, 0.6) is 0 Å². The summed E-state index contributed by atoms with van der Waals surface area (Å²) in [6.07, 6.45) is 0.181. The number of primary amides is 1. The van der Waals surface area contributed by atoms with E-state index in [0.29, 0.717) is 0 Å². The molecule has 11 nitrogen and oxygen atoms in total. The van der Waals surface area contributed by atoms with E-state index in [2.05, 4.69) is 15.6 Å². The monoisotopic (exact) mass is 433 g/mol. The zero-order valence-electron chi connectivity index (χ0n) is 17.0. The van der Waals surface area contributed by atoms with Crippen molar-refractivity contribution in [2.24, 2.45) is 11.5 Å². The second-order valence-corrected chi connectivity index (χ2v) is 7.30. The SMILES string of the molecule is CC(O)C(NC(=O)C(CCC(N)=O)NC(=O)C(N)Cc1c[nH]c2ccccc12)C(=O)O. The predicted octanol–water partition coefficient (Wildman–Crippen LogP) is -1.26. The molecule has 0 spiro atoms. The maximum atomic E-state index is 12.6. The van der Waals surface area contributed by atoms with Gasteiger partial charge in [0.15, 0.2) is 6.04 Å². The highest BCUT2D eigenvalue weighted by Crippen LogP contribution is 2.18. The number of rotatable bonds is 11. The van der Waals surface area contributed by atoms with Crippen molar-refractivity contribution >= 4 is 34.6 Å². The molecule has 31 heavy (non-hydrogen) atoms. The van der Waals surface area contributed by atoms with Gasteiger partial charge in [-0.2, -0.15) is 0 Å². The molecule has 9 N–H and O–H groups in total. The summed E-state index contributed by atoms with van der Waals surface area (Å²) in [5.74, 6) is -3.67. The predicted molar refractivity (Wildman–Crippen MR) is 112 cm³/mol. The zero-order valence-corrected chi connectivity index (χ0v) is 17.0. The fraction of sp³-hybridized carbons (Fsp3) is 0.400. The number of aromatic amines is 1. The van der Waals surface area contributed by atoms with Crippen molar-refractivity contribution < 1.29 is 29.4 Å². The summed E-state index contributed by atoms with van der Waals surface area (Å²) in [7, 11) is 0. The summed E-state index contributed by atoms with van der Waals surface area (Å²) in [4.78, 5) is 50.6. The maximum absolute atomic E-state index is 12.6. The number of benzene rings is 1. The van der Waals surface area contributed by atoms with Crippen LogP contribution in [0.2, 0.25) is 0 Å². The molecule has 2 rings (SSSR count). The Morgan fingerprint density at radius 3 is 2.42 bits per heavy atom. The molecule has 2 aromatic rings. The van der Waals surface area contributed by atoms with Crippen molar-refractivity contribution in [2.75, 3.05) is 0 Å². The number of nitrogens with one attached hydrogen (secondary N) is 3. The van der Waals surface area contributed by atoms with Gasteiger partial charge in [0.25, 0.3) is 0 Å². The zero-order chi connectivity index (χ0) is 23.1. The van der Waals surface area contributed by atoms with Crippen molar-refractivity contribution in [3.63, 3.8) is 0 Å². The molecule has 1 aromatic carbocycles. The highest BCUT2D eigenvalue weighted by molar-refractivity contribution is 5.93. The topological polar surface area (TPSA) is 201 Å². The number of aliphatic hydroxyl groups excluding tert-OH is 1. The fourth-order valence-electron chi connectivity index (χ4n) is 3.11. The number of amides is 3. The number of H-pyrrole nitrogens is 1. The molecular weight excluding hydrogens is 406 g/mol. The molecule has 11 heteroatoms. The molecular formula is C20H27N5O6. The minimum absolute atomic E-state index is 0.154. The second-order valence-electron chi connectivity index (χ2n) is 7.30. The molecule has 4 unspecified atom stereocenters. The van der Waals surface area contributed by atoms with Gasteiger partial charge in [-0.15, -0.1) is 0 Å². The van der Waals surface area contributed by atoms with Crippen LogP contribution in [0.25, 0.3) is 10.9 Å². The van der Waals surface area contributed by atoms with Gasteiger partial charge >= 0.3 is 5.97 Å². The molecule has 4 atom stereocenters. The lowest BCUT2D eigenvalue weighted by molar-refractivity contribution is -0.145. The molecule has 0 fully saturated rings. The number of fused-ring (bicyclic) bond motifs is 1. The number of aliphatic hydroxyl groups is 1. The summed E-state index contributed by atoms with van der Waals surface area (Å²) in [5, 5.41) is 24.2. The van der Waals surface area contributed by atoms with Crippen LogP contribution in [-0.2, 0) is 25.6 Å². The largest absolute Gasteiger partial charge is 0.480 e. The van der Waals surface area contributed by atoms with Crippen molar-refractivity contribution in [1.82, 2.24) is 15.6 Å². The highest BCUT2D eigenvalue weighted by atomic mass is 16.4. The number of nitrogens with two attached hydrogens (primary N) is 2. The summed E-state index contributed by atoms with van der Waals surface area (Å²) in [5.41, 5.74) is 12.9. The number of carboxylic acids is 1. The van der Waals surface area contributed by atoms with Crippen LogP contribution in [0, 0.1) is 0 Å². The molecule has 1 heterocycles. The van der Waals surface area contributed by atoms with Gasteiger partial charge in [-0.3, -0.25) is 14.4 Å². The molecule has 0 bridgehead atoms. The first kappa shape index (κ1) is 23.8. The smallest absolute Gasteiger partial charge is 0.328 e. The summed E-state index contributed by atoms with van der Waals surface area (Å²) in [6, 6.07) is 3.66. The summed E-state index contributed by atoms with van der Waals surface area (Å²) in [6.45, 7) is 1.20. The van der Waals surface area contributed by atoms with E-state index in [4.69, 9.17) is 16.6 Å². The third-order valence-corrected chi connectivity index (χ3v) is 4.81. The van der Waals surface area contributed by atoms with Crippen LogP contribution in [-0.4, -0.2) is 63.1 Å². The van der Waals surface area contributed by atoms with Gasteiger partial charge in [0.1, 0.15) is 6.04 Å². The van der Waals surface area contributed by atoms with Gasteiger partial charge < -0.3 is 37.3 Å². The molecule has 0 aliphatic heterocycles. The van der Waals surface area contributed by atoms with Crippen LogP contribution < -0.4 is 22.1 Å².